The molecule has 0 bridgehead atoms. The zero-order valence-electron chi connectivity index (χ0n) is 6.04. The summed E-state index contributed by atoms with van der Waals surface area (Å²) in [6, 6.07) is 7.87. The van der Waals surface area contributed by atoms with Crippen molar-refractivity contribution in [3.63, 3.8) is 0 Å². The number of aromatic nitrogens is 1. The number of nitrogens with one attached hydrogen (secondary N) is 1. The van der Waals surface area contributed by atoms with Crippen molar-refractivity contribution in [2.75, 3.05) is 5.73 Å². The lowest BCUT2D eigenvalue weighted by molar-refractivity contribution is -0.375. The molecule has 0 aliphatic heterocycles. The van der Waals surface area contributed by atoms with Crippen LogP contribution in [0.15, 0.2) is 36.7 Å². The Morgan fingerprint density at radius 1 is 1.09 bits per heavy atom. The molecule has 2 aromatic rings. The average Bonchev–Trinajstić information content (AvgIpc) is 2.04. The molecule has 0 radical (unpaired) electrons. The predicted octanol–water partition coefficient (Wildman–Crippen LogP) is 1.24. The first kappa shape index (κ1) is 6.16. The Balaban J connectivity index is 2.83. The van der Waals surface area contributed by atoms with Crippen molar-refractivity contribution in [3.05, 3.63) is 36.7 Å². The molecule has 1 heterocycles. The predicted molar refractivity (Wildman–Crippen MR) is 44.9 cm³/mol. The van der Waals surface area contributed by atoms with Crippen molar-refractivity contribution in [3.8, 4) is 0 Å². The Bertz CT molecular complexity index is 382. The highest BCUT2D eigenvalue weighted by Crippen LogP contribution is 2.13. The Morgan fingerprint density at radius 3 is 2.91 bits per heavy atom. The number of hydrogen-bond donors (Lipinski definition) is 1. The minimum atomic E-state index is 0.809. The molecular formula is C9H9N2+. The minimum absolute atomic E-state index is 0.809. The summed E-state index contributed by atoms with van der Waals surface area (Å²) in [6.07, 6.45) is 3.84. The van der Waals surface area contributed by atoms with Crippen LogP contribution in [0.25, 0.3) is 10.8 Å². The summed E-state index contributed by atoms with van der Waals surface area (Å²) < 4.78 is 0. The zero-order chi connectivity index (χ0) is 7.68. The van der Waals surface area contributed by atoms with Crippen LogP contribution in [-0.2, 0) is 0 Å². The zero-order valence-corrected chi connectivity index (χ0v) is 6.04. The van der Waals surface area contributed by atoms with Gasteiger partial charge in [0.2, 0.25) is 0 Å². The van der Waals surface area contributed by atoms with Crippen LogP contribution in [-0.4, -0.2) is 0 Å². The number of H-pyrrole nitrogens is 1. The SMILES string of the molecule is Nc1ccc2c[nH+]ccc2c1. The van der Waals surface area contributed by atoms with E-state index in [9.17, 15) is 0 Å². The topological polar surface area (TPSA) is 40.2 Å². The maximum absolute atomic E-state index is 5.61. The van der Waals surface area contributed by atoms with E-state index in [0.717, 1.165) is 5.69 Å². The van der Waals surface area contributed by atoms with E-state index in [1.54, 1.807) is 0 Å². The number of rotatable bonds is 0. The highest BCUT2D eigenvalue weighted by atomic mass is 14.6. The van der Waals surface area contributed by atoms with Crippen LogP contribution in [0.2, 0.25) is 0 Å². The van der Waals surface area contributed by atoms with Crippen molar-refractivity contribution in [1.82, 2.24) is 0 Å². The first-order valence-electron chi connectivity index (χ1n) is 3.51. The van der Waals surface area contributed by atoms with Gasteiger partial charge in [-0.25, -0.2) is 4.98 Å². The van der Waals surface area contributed by atoms with E-state index in [-0.39, 0.29) is 0 Å². The fraction of sp³-hybridized carbons (Fsp3) is 0. The molecule has 0 aliphatic carbocycles. The molecule has 0 amide bonds. The molecule has 0 atom stereocenters. The third-order valence-electron chi connectivity index (χ3n) is 1.71. The lowest BCUT2D eigenvalue weighted by atomic mass is 10.2. The molecule has 0 saturated heterocycles. The molecule has 11 heavy (non-hydrogen) atoms. The molecule has 2 heteroatoms. The van der Waals surface area contributed by atoms with Crippen LogP contribution >= 0.6 is 0 Å². The Labute approximate surface area is 64.7 Å². The lowest BCUT2D eigenvalue weighted by Crippen LogP contribution is -1.97. The maximum Gasteiger partial charge on any atom is 0.174 e. The van der Waals surface area contributed by atoms with Gasteiger partial charge in [-0.1, -0.05) is 0 Å². The van der Waals surface area contributed by atoms with E-state index >= 15 is 0 Å². The second kappa shape index (κ2) is 2.23. The van der Waals surface area contributed by atoms with E-state index in [2.05, 4.69) is 4.98 Å². The molecule has 2 rings (SSSR count). The summed E-state index contributed by atoms with van der Waals surface area (Å²) in [7, 11) is 0. The van der Waals surface area contributed by atoms with Gasteiger partial charge >= 0.3 is 0 Å². The summed E-state index contributed by atoms with van der Waals surface area (Å²) in [5.41, 5.74) is 6.42. The summed E-state index contributed by atoms with van der Waals surface area (Å²) in [5, 5.41) is 2.35. The third-order valence-corrected chi connectivity index (χ3v) is 1.71. The fourth-order valence-corrected chi connectivity index (χ4v) is 1.14. The first-order chi connectivity index (χ1) is 5.36. The van der Waals surface area contributed by atoms with Crippen molar-refractivity contribution < 1.29 is 4.98 Å². The van der Waals surface area contributed by atoms with Gasteiger partial charge in [0.25, 0.3) is 0 Å². The van der Waals surface area contributed by atoms with Gasteiger partial charge in [0.05, 0.1) is 0 Å². The number of nitrogens with two attached hydrogens (primary N) is 1. The van der Waals surface area contributed by atoms with Crippen molar-refractivity contribution >= 4 is 16.5 Å². The van der Waals surface area contributed by atoms with Gasteiger partial charge < -0.3 is 5.73 Å². The normalized spacial score (nSPS) is 10.2. The fourth-order valence-electron chi connectivity index (χ4n) is 1.14. The van der Waals surface area contributed by atoms with Gasteiger partial charge in [0, 0.05) is 17.1 Å². The third kappa shape index (κ3) is 1.03. The van der Waals surface area contributed by atoms with E-state index in [0.29, 0.717) is 0 Å². The number of fused-ring (bicyclic) bond motifs is 1. The smallest absolute Gasteiger partial charge is 0.174 e. The van der Waals surface area contributed by atoms with E-state index in [1.807, 2.05) is 36.7 Å². The van der Waals surface area contributed by atoms with Crippen LogP contribution < -0.4 is 10.7 Å². The lowest BCUT2D eigenvalue weighted by Gasteiger charge is -1.93. The number of nitrogen functional groups attached to an aromatic ring is 1. The van der Waals surface area contributed by atoms with Gasteiger partial charge in [-0.05, 0) is 23.6 Å². The Morgan fingerprint density at radius 2 is 2.00 bits per heavy atom. The number of hydrogen-bond acceptors (Lipinski definition) is 1. The quantitative estimate of drug-likeness (QED) is 0.556. The van der Waals surface area contributed by atoms with E-state index in [1.165, 1.54) is 10.8 Å². The minimum Gasteiger partial charge on any atom is -0.399 e. The van der Waals surface area contributed by atoms with Crippen molar-refractivity contribution in [2.24, 2.45) is 0 Å². The summed E-state index contributed by atoms with van der Waals surface area (Å²) in [6.45, 7) is 0. The number of pyridine rings is 1. The second-order valence-corrected chi connectivity index (χ2v) is 2.53. The Hall–Kier alpha value is -1.57. The first-order valence-corrected chi connectivity index (χ1v) is 3.51. The van der Waals surface area contributed by atoms with Crippen molar-refractivity contribution in [1.29, 1.82) is 0 Å². The standard InChI is InChI=1S/C9H8N2/c10-9-2-1-8-6-11-4-3-7(8)5-9/h1-6H,10H2/p+1. The highest BCUT2D eigenvalue weighted by Gasteiger charge is 1.94. The van der Waals surface area contributed by atoms with Gasteiger partial charge in [0.15, 0.2) is 12.4 Å². The molecule has 3 N–H and O–H groups in total. The number of benzene rings is 1. The monoisotopic (exact) mass is 145 g/mol. The van der Waals surface area contributed by atoms with E-state index < -0.39 is 0 Å². The summed E-state index contributed by atoms with van der Waals surface area (Å²) >= 11 is 0. The van der Waals surface area contributed by atoms with Crippen molar-refractivity contribution in [2.45, 2.75) is 0 Å². The highest BCUT2D eigenvalue weighted by molar-refractivity contribution is 5.83. The molecule has 0 unspecified atom stereocenters. The van der Waals surface area contributed by atoms with Gasteiger partial charge in [-0.15, -0.1) is 0 Å². The summed E-state index contributed by atoms with van der Waals surface area (Å²) in [5.74, 6) is 0. The van der Waals surface area contributed by atoms with E-state index in [4.69, 9.17) is 5.73 Å². The number of aromatic amines is 1. The van der Waals surface area contributed by atoms with Crippen LogP contribution in [0.4, 0.5) is 5.69 Å². The molecular weight excluding hydrogens is 136 g/mol. The molecule has 2 nitrogen and oxygen atoms in total. The van der Waals surface area contributed by atoms with Crippen LogP contribution in [0, 0.1) is 0 Å². The molecule has 0 fully saturated rings. The average molecular weight is 145 g/mol. The molecule has 0 spiro atoms. The molecule has 0 saturated carbocycles. The molecule has 54 valence electrons. The Kier molecular flexibility index (Phi) is 1.25. The van der Waals surface area contributed by atoms with Crippen LogP contribution in [0.1, 0.15) is 0 Å². The molecule has 0 aliphatic rings. The largest absolute Gasteiger partial charge is 0.399 e. The van der Waals surface area contributed by atoms with Gasteiger partial charge in [0.1, 0.15) is 0 Å². The second-order valence-electron chi connectivity index (χ2n) is 2.53. The van der Waals surface area contributed by atoms with Gasteiger partial charge in [-0.2, -0.15) is 0 Å². The summed E-state index contributed by atoms with van der Waals surface area (Å²) in [4.78, 5) is 3.01. The molecule has 1 aromatic heterocycles. The molecule has 1 aromatic carbocycles. The van der Waals surface area contributed by atoms with Crippen LogP contribution in [0.3, 0.4) is 0 Å². The van der Waals surface area contributed by atoms with Crippen LogP contribution in [0.5, 0.6) is 0 Å². The number of anilines is 1. The maximum atomic E-state index is 5.61. The van der Waals surface area contributed by atoms with Gasteiger partial charge in [-0.3, -0.25) is 0 Å².